The molecule has 1 heterocycles. The number of rotatable bonds is 7. The quantitative estimate of drug-likeness (QED) is 0.390. The van der Waals surface area contributed by atoms with Crippen LogP contribution < -0.4 is 16.6 Å². The van der Waals surface area contributed by atoms with E-state index in [-0.39, 0.29) is 12.0 Å². The predicted octanol–water partition coefficient (Wildman–Crippen LogP) is 1.72. The van der Waals surface area contributed by atoms with Gasteiger partial charge in [-0.05, 0) is 13.8 Å². The number of anilines is 2. The van der Waals surface area contributed by atoms with E-state index in [1.54, 1.807) is 6.07 Å². The van der Waals surface area contributed by atoms with Crippen molar-refractivity contribution in [2.24, 2.45) is 5.84 Å². The molecule has 102 valence electrons. The van der Waals surface area contributed by atoms with Crippen LogP contribution in [0.3, 0.4) is 0 Å². The van der Waals surface area contributed by atoms with Crippen LogP contribution in [-0.4, -0.2) is 29.2 Å². The fourth-order valence-corrected chi connectivity index (χ4v) is 1.36. The normalized spacial score (nSPS) is 11.1. The molecule has 0 radical (unpaired) electrons. The van der Waals surface area contributed by atoms with Gasteiger partial charge in [-0.1, -0.05) is 13.8 Å². The number of hydrogen-bond donors (Lipinski definition) is 3. The van der Waals surface area contributed by atoms with Gasteiger partial charge in [0.05, 0.1) is 12.7 Å². The summed E-state index contributed by atoms with van der Waals surface area (Å²) in [6, 6.07) is 1.78. The minimum atomic E-state index is 0.240. The van der Waals surface area contributed by atoms with Gasteiger partial charge >= 0.3 is 0 Å². The van der Waals surface area contributed by atoms with Crippen molar-refractivity contribution in [1.29, 1.82) is 0 Å². The molecule has 0 fully saturated rings. The fourth-order valence-electron chi connectivity index (χ4n) is 1.36. The summed E-state index contributed by atoms with van der Waals surface area (Å²) in [6.07, 6.45) is 0.240. The van der Waals surface area contributed by atoms with Crippen LogP contribution in [0.5, 0.6) is 0 Å². The maximum absolute atomic E-state index is 5.45. The molecule has 0 saturated carbocycles. The summed E-state index contributed by atoms with van der Waals surface area (Å²) >= 11 is 0. The van der Waals surface area contributed by atoms with Gasteiger partial charge in [0.1, 0.15) is 17.5 Å². The minimum Gasteiger partial charge on any atom is -0.377 e. The monoisotopic (exact) mass is 253 g/mol. The molecule has 1 aromatic rings. The van der Waals surface area contributed by atoms with Crippen molar-refractivity contribution in [1.82, 2.24) is 9.97 Å². The lowest BCUT2D eigenvalue weighted by Crippen LogP contribution is -2.16. The Bertz CT molecular complexity index is 367. The number of nitrogens with two attached hydrogens (primary N) is 1. The summed E-state index contributed by atoms with van der Waals surface area (Å²) in [5.74, 6) is 7.78. The molecular formula is C12H23N5O. The van der Waals surface area contributed by atoms with E-state index in [0.29, 0.717) is 19.0 Å². The Morgan fingerprint density at radius 3 is 2.44 bits per heavy atom. The van der Waals surface area contributed by atoms with Crippen LogP contribution in [0.1, 0.15) is 39.4 Å². The van der Waals surface area contributed by atoms with Crippen LogP contribution in [0.15, 0.2) is 6.07 Å². The maximum atomic E-state index is 5.45. The molecule has 0 bridgehead atoms. The Balaban J connectivity index is 2.61. The zero-order valence-corrected chi connectivity index (χ0v) is 11.5. The molecule has 0 aliphatic rings. The van der Waals surface area contributed by atoms with Gasteiger partial charge in [-0.15, -0.1) is 0 Å². The Morgan fingerprint density at radius 2 is 1.89 bits per heavy atom. The van der Waals surface area contributed by atoms with Crippen molar-refractivity contribution in [2.75, 3.05) is 23.9 Å². The molecule has 1 rings (SSSR count). The number of nitrogens with one attached hydrogen (secondary N) is 2. The van der Waals surface area contributed by atoms with E-state index >= 15 is 0 Å². The highest BCUT2D eigenvalue weighted by atomic mass is 16.5. The summed E-state index contributed by atoms with van der Waals surface area (Å²) in [6.45, 7) is 9.46. The molecular weight excluding hydrogens is 230 g/mol. The second-order valence-corrected chi connectivity index (χ2v) is 4.64. The summed E-state index contributed by atoms with van der Waals surface area (Å²) in [7, 11) is 0. The molecule has 1 aromatic heterocycles. The topological polar surface area (TPSA) is 85.1 Å². The second-order valence-electron chi connectivity index (χ2n) is 4.64. The average Bonchev–Trinajstić information content (AvgIpc) is 2.34. The Hall–Kier alpha value is -1.40. The van der Waals surface area contributed by atoms with Gasteiger partial charge in [-0.2, -0.15) is 0 Å². The zero-order chi connectivity index (χ0) is 13.5. The van der Waals surface area contributed by atoms with Crippen molar-refractivity contribution in [3.05, 3.63) is 11.9 Å². The van der Waals surface area contributed by atoms with Gasteiger partial charge in [0.25, 0.3) is 0 Å². The highest BCUT2D eigenvalue weighted by Gasteiger charge is 2.07. The lowest BCUT2D eigenvalue weighted by molar-refractivity contribution is 0.0870. The van der Waals surface area contributed by atoms with Crippen molar-refractivity contribution in [3.63, 3.8) is 0 Å². The number of nitrogens with zero attached hydrogens (tertiary/aromatic N) is 2. The van der Waals surface area contributed by atoms with Crippen LogP contribution in [-0.2, 0) is 4.74 Å². The minimum absolute atomic E-state index is 0.240. The van der Waals surface area contributed by atoms with E-state index in [4.69, 9.17) is 10.6 Å². The molecule has 6 nitrogen and oxygen atoms in total. The largest absolute Gasteiger partial charge is 0.377 e. The number of hydrogen-bond acceptors (Lipinski definition) is 6. The molecule has 0 aliphatic carbocycles. The number of aromatic nitrogens is 2. The van der Waals surface area contributed by atoms with Gasteiger partial charge in [-0.3, -0.25) is 0 Å². The van der Waals surface area contributed by atoms with Crippen LogP contribution >= 0.6 is 0 Å². The van der Waals surface area contributed by atoms with Gasteiger partial charge in [0.2, 0.25) is 0 Å². The lowest BCUT2D eigenvalue weighted by Gasteiger charge is -2.12. The third-order valence-corrected chi connectivity index (χ3v) is 2.27. The van der Waals surface area contributed by atoms with Gasteiger partial charge in [0.15, 0.2) is 0 Å². The molecule has 0 atom stereocenters. The molecule has 0 spiro atoms. The summed E-state index contributed by atoms with van der Waals surface area (Å²) < 4.78 is 5.45. The summed E-state index contributed by atoms with van der Waals surface area (Å²) in [5, 5.41) is 3.20. The lowest BCUT2D eigenvalue weighted by atomic mass is 10.2. The third kappa shape index (κ3) is 4.85. The molecule has 0 aromatic carbocycles. The predicted molar refractivity (Wildman–Crippen MR) is 73.5 cm³/mol. The van der Waals surface area contributed by atoms with E-state index in [0.717, 1.165) is 11.6 Å². The van der Waals surface area contributed by atoms with Crippen molar-refractivity contribution in [2.45, 2.75) is 39.7 Å². The summed E-state index contributed by atoms with van der Waals surface area (Å²) in [5.41, 5.74) is 2.55. The first-order chi connectivity index (χ1) is 8.52. The number of nitrogen functional groups attached to an aromatic ring is 1. The Labute approximate surface area is 108 Å². The summed E-state index contributed by atoms with van der Waals surface area (Å²) in [4.78, 5) is 8.71. The first kappa shape index (κ1) is 14.7. The van der Waals surface area contributed by atoms with Gasteiger partial charge in [-0.25, -0.2) is 15.8 Å². The maximum Gasteiger partial charge on any atom is 0.145 e. The highest BCUT2D eigenvalue weighted by Crippen LogP contribution is 2.16. The smallest absolute Gasteiger partial charge is 0.145 e. The molecule has 4 N–H and O–H groups in total. The molecule has 0 saturated heterocycles. The van der Waals surface area contributed by atoms with Gasteiger partial charge in [0, 0.05) is 18.5 Å². The average molecular weight is 253 g/mol. The van der Waals surface area contributed by atoms with Crippen molar-refractivity contribution >= 4 is 11.6 Å². The first-order valence-corrected chi connectivity index (χ1v) is 6.24. The first-order valence-electron chi connectivity index (χ1n) is 6.24. The van der Waals surface area contributed by atoms with Crippen LogP contribution in [0, 0.1) is 0 Å². The Morgan fingerprint density at radius 1 is 1.22 bits per heavy atom. The van der Waals surface area contributed by atoms with Crippen LogP contribution in [0.4, 0.5) is 11.6 Å². The van der Waals surface area contributed by atoms with E-state index in [2.05, 4.69) is 20.7 Å². The van der Waals surface area contributed by atoms with Crippen molar-refractivity contribution < 1.29 is 4.74 Å². The SMILES string of the molecule is CC(C)OCCNc1cc(NN)nc(C(C)C)n1. The second kappa shape index (κ2) is 7.13. The number of hydrazine groups is 1. The van der Waals surface area contributed by atoms with E-state index in [1.165, 1.54) is 0 Å². The Kier molecular flexibility index (Phi) is 5.80. The third-order valence-electron chi connectivity index (χ3n) is 2.27. The van der Waals surface area contributed by atoms with E-state index in [1.807, 2.05) is 27.7 Å². The van der Waals surface area contributed by atoms with Crippen LogP contribution in [0.2, 0.25) is 0 Å². The standard InChI is InChI=1S/C12H23N5O/c1-8(2)12-15-10(7-11(16-12)17-13)14-5-6-18-9(3)4/h7-9H,5-6,13H2,1-4H3,(H2,14,15,16,17). The van der Waals surface area contributed by atoms with Crippen molar-refractivity contribution in [3.8, 4) is 0 Å². The molecule has 0 amide bonds. The molecule has 18 heavy (non-hydrogen) atoms. The molecule has 0 aliphatic heterocycles. The molecule has 6 heteroatoms. The highest BCUT2D eigenvalue weighted by molar-refractivity contribution is 5.47. The van der Waals surface area contributed by atoms with E-state index in [9.17, 15) is 0 Å². The van der Waals surface area contributed by atoms with Crippen LogP contribution in [0.25, 0.3) is 0 Å². The van der Waals surface area contributed by atoms with Gasteiger partial charge < -0.3 is 15.5 Å². The number of ether oxygens (including phenoxy) is 1. The zero-order valence-electron chi connectivity index (χ0n) is 11.5. The molecule has 0 unspecified atom stereocenters. The van der Waals surface area contributed by atoms with E-state index < -0.39 is 0 Å². The fraction of sp³-hybridized carbons (Fsp3) is 0.667.